The predicted molar refractivity (Wildman–Crippen MR) is 98.1 cm³/mol. The van der Waals surface area contributed by atoms with Gasteiger partial charge in [0.05, 0.1) is 11.5 Å². The fourth-order valence-corrected chi connectivity index (χ4v) is 2.73. The number of alkyl halides is 2. The SMILES string of the molecule is Cc1nc(C)n(Cc2cccc(Nc3ccc([N+](=O)[O-])c(OC(F)F)c3)c2)n1. The number of benzene rings is 2. The quantitative estimate of drug-likeness (QED) is 0.481. The van der Waals surface area contributed by atoms with Gasteiger partial charge in [0, 0.05) is 23.5 Å². The van der Waals surface area contributed by atoms with E-state index >= 15 is 0 Å². The van der Waals surface area contributed by atoms with Gasteiger partial charge in [-0.3, -0.25) is 10.1 Å². The van der Waals surface area contributed by atoms with Gasteiger partial charge in [0.15, 0.2) is 0 Å². The molecule has 0 aliphatic carbocycles. The molecule has 146 valence electrons. The Bertz CT molecular complexity index is 1010. The second-order valence-corrected chi connectivity index (χ2v) is 6.01. The molecule has 0 amide bonds. The van der Waals surface area contributed by atoms with Crippen LogP contribution in [0.1, 0.15) is 17.2 Å². The molecule has 3 aromatic rings. The highest BCUT2D eigenvalue weighted by Gasteiger charge is 2.19. The van der Waals surface area contributed by atoms with Gasteiger partial charge < -0.3 is 10.1 Å². The maximum atomic E-state index is 12.5. The van der Waals surface area contributed by atoms with Crippen molar-refractivity contribution in [3.63, 3.8) is 0 Å². The number of nitro benzene ring substituents is 1. The summed E-state index contributed by atoms with van der Waals surface area (Å²) in [5, 5.41) is 18.3. The molecule has 0 radical (unpaired) electrons. The highest BCUT2D eigenvalue weighted by atomic mass is 19.3. The summed E-state index contributed by atoms with van der Waals surface area (Å²) in [7, 11) is 0. The molecule has 8 nitrogen and oxygen atoms in total. The first kappa shape index (κ1) is 19.2. The van der Waals surface area contributed by atoms with E-state index in [-0.39, 0.29) is 0 Å². The number of hydrogen-bond acceptors (Lipinski definition) is 6. The number of nitro groups is 1. The summed E-state index contributed by atoms with van der Waals surface area (Å²) in [6.07, 6.45) is 0. The molecule has 0 bridgehead atoms. The number of ether oxygens (including phenoxy) is 1. The van der Waals surface area contributed by atoms with Crippen molar-refractivity contribution in [2.45, 2.75) is 27.0 Å². The molecule has 1 aromatic heterocycles. The van der Waals surface area contributed by atoms with Gasteiger partial charge in [0.1, 0.15) is 11.6 Å². The van der Waals surface area contributed by atoms with Crippen molar-refractivity contribution in [1.82, 2.24) is 14.8 Å². The van der Waals surface area contributed by atoms with Crippen molar-refractivity contribution < 1.29 is 18.4 Å². The van der Waals surface area contributed by atoms with Gasteiger partial charge in [-0.2, -0.15) is 13.9 Å². The summed E-state index contributed by atoms with van der Waals surface area (Å²) in [5.41, 5.74) is 1.48. The van der Waals surface area contributed by atoms with Gasteiger partial charge in [0.2, 0.25) is 5.75 Å². The van der Waals surface area contributed by atoms with E-state index in [0.717, 1.165) is 17.5 Å². The summed E-state index contributed by atoms with van der Waals surface area (Å²) < 4.78 is 31.1. The fraction of sp³-hybridized carbons (Fsp3) is 0.222. The van der Waals surface area contributed by atoms with Crippen LogP contribution in [-0.2, 0) is 6.54 Å². The highest BCUT2D eigenvalue weighted by Crippen LogP contribution is 2.32. The second kappa shape index (κ2) is 7.99. The normalized spacial score (nSPS) is 10.9. The van der Waals surface area contributed by atoms with Crippen LogP contribution in [0.4, 0.5) is 25.8 Å². The lowest BCUT2D eigenvalue weighted by atomic mass is 10.2. The van der Waals surface area contributed by atoms with Crippen LogP contribution in [-0.4, -0.2) is 26.3 Å². The Morgan fingerprint density at radius 2 is 1.96 bits per heavy atom. The van der Waals surface area contributed by atoms with Gasteiger partial charge >= 0.3 is 12.3 Å². The Balaban J connectivity index is 1.81. The second-order valence-electron chi connectivity index (χ2n) is 6.01. The van der Waals surface area contributed by atoms with E-state index in [2.05, 4.69) is 20.1 Å². The van der Waals surface area contributed by atoms with Crippen molar-refractivity contribution in [3.05, 3.63) is 69.8 Å². The maximum absolute atomic E-state index is 12.5. The third kappa shape index (κ3) is 4.58. The number of nitrogens with zero attached hydrogens (tertiary/aromatic N) is 4. The fourth-order valence-electron chi connectivity index (χ4n) is 2.73. The molecule has 10 heteroatoms. The molecule has 3 rings (SSSR count). The average molecular weight is 389 g/mol. The van der Waals surface area contributed by atoms with E-state index in [0.29, 0.717) is 23.7 Å². The van der Waals surface area contributed by atoms with Crippen LogP contribution in [0.25, 0.3) is 0 Å². The van der Waals surface area contributed by atoms with Crippen molar-refractivity contribution in [2.24, 2.45) is 0 Å². The minimum absolute atomic E-state index is 0.381. The summed E-state index contributed by atoms with van der Waals surface area (Å²) in [6.45, 7) is 1.03. The van der Waals surface area contributed by atoms with Gasteiger partial charge in [0.25, 0.3) is 0 Å². The molecule has 0 unspecified atom stereocenters. The Kier molecular flexibility index (Phi) is 5.48. The zero-order valence-corrected chi connectivity index (χ0v) is 15.1. The molecule has 1 N–H and O–H groups in total. The number of aryl methyl sites for hydroxylation is 2. The third-order valence-corrected chi connectivity index (χ3v) is 3.88. The molecule has 0 saturated heterocycles. The Hall–Kier alpha value is -3.56. The van der Waals surface area contributed by atoms with Crippen LogP contribution in [0.3, 0.4) is 0 Å². The van der Waals surface area contributed by atoms with Crippen molar-refractivity contribution >= 4 is 17.1 Å². The average Bonchev–Trinajstić information content (AvgIpc) is 2.91. The van der Waals surface area contributed by atoms with E-state index < -0.39 is 23.0 Å². The van der Waals surface area contributed by atoms with Crippen molar-refractivity contribution in [2.75, 3.05) is 5.32 Å². The first-order valence-electron chi connectivity index (χ1n) is 8.29. The Morgan fingerprint density at radius 3 is 2.61 bits per heavy atom. The molecule has 28 heavy (non-hydrogen) atoms. The van der Waals surface area contributed by atoms with Crippen LogP contribution >= 0.6 is 0 Å². The lowest BCUT2D eigenvalue weighted by molar-refractivity contribution is -0.386. The molecule has 1 heterocycles. The first-order valence-corrected chi connectivity index (χ1v) is 8.29. The van der Waals surface area contributed by atoms with E-state index in [9.17, 15) is 18.9 Å². The van der Waals surface area contributed by atoms with Crippen LogP contribution < -0.4 is 10.1 Å². The topological polar surface area (TPSA) is 95.1 Å². The van der Waals surface area contributed by atoms with Gasteiger partial charge in [-0.15, -0.1) is 0 Å². The van der Waals surface area contributed by atoms with Crippen LogP contribution in [0.15, 0.2) is 42.5 Å². The number of nitrogens with one attached hydrogen (secondary N) is 1. The Morgan fingerprint density at radius 1 is 1.21 bits per heavy atom. The minimum atomic E-state index is -3.16. The molecule has 0 fully saturated rings. The number of aromatic nitrogens is 3. The van der Waals surface area contributed by atoms with Crippen molar-refractivity contribution in [3.8, 4) is 5.75 Å². The number of halogens is 2. The van der Waals surface area contributed by atoms with Crippen LogP contribution in [0, 0.1) is 24.0 Å². The van der Waals surface area contributed by atoms with Gasteiger partial charge in [-0.25, -0.2) is 9.67 Å². The van der Waals surface area contributed by atoms with E-state index in [1.54, 1.807) is 10.7 Å². The zero-order chi connectivity index (χ0) is 20.3. The lowest BCUT2D eigenvalue weighted by Gasteiger charge is -2.11. The summed E-state index contributed by atoms with van der Waals surface area (Å²) in [6, 6.07) is 11.1. The minimum Gasteiger partial charge on any atom is -0.427 e. The third-order valence-electron chi connectivity index (χ3n) is 3.88. The van der Waals surface area contributed by atoms with Gasteiger partial charge in [-0.1, -0.05) is 12.1 Å². The Labute approximate surface area is 158 Å². The summed E-state index contributed by atoms with van der Waals surface area (Å²) in [5.74, 6) is 0.971. The van der Waals surface area contributed by atoms with E-state index in [1.807, 2.05) is 32.0 Å². The monoisotopic (exact) mass is 389 g/mol. The van der Waals surface area contributed by atoms with E-state index in [1.165, 1.54) is 12.1 Å². The molecular weight excluding hydrogens is 372 g/mol. The molecule has 2 aromatic carbocycles. The molecule has 0 aliphatic rings. The smallest absolute Gasteiger partial charge is 0.387 e. The van der Waals surface area contributed by atoms with Crippen LogP contribution in [0.5, 0.6) is 5.75 Å². The molecule has 0 aliphatic heterocycles. The lowest BCUT2D eigenvalue weighted by Crippen LogP contribution is -2.05. The van der Waals surface area contributed by atoms with E-state index in [4.69, 9.17) is 0 Å². The standard InChI is InChI=1S/C18H17F2N5O3/c1-11-21-12(2)24(23-11)10-13-4-3-5-14(8-13)22-15-6-7-16(25(26)27)17(9-15)28-18(19)20/h3-9,18,22H,10H2,1-2H3. The summed E-state index contributed by atoms with van der Waals surface area (Å²) in [4.78, 5) is 14.5. The van der Waals surface area contributed by atoms with Crippen LogP contribution in [0.2, 0.25) is 0 Å². The maximum Gasteiger partial charge on any atom is 0.387 e. The van der Waals surface area contributed by atoms with Crippen molar-refractivity contribution in [1.29, 1.82) is 0 Å². The zero-order valence-electron chi connectivity index (χ0n) is 15.1. The molecule has 0 spiro atoms. The predicted octanol–water partition coefficient (Wildman–Crippen LogP) is 4.20. The largest absolute Gasteiger partial charge is 0.427 e. The number of anilines is 2. The molecular formula is C18H17F2N5O3. The molecule has 0 atom stereocenters. The molecule has 0 saturated carbocycles. The first-order chi connectivity index (χ1) is 13.3. The number of rotatable bonds is 7. The van der Waals surface area contributed by atoms with Gasteiger partial charge in [-0.05, 0) is 37.6 Å². The highest BCUT2D eigenvalue weighted by molar-refractivity contribution is 5.65. The number of hydrogen-bond donors (Lipinski definition) is 1. The summed E-state index contributed by atoms with van der Waals surface area (Å²) >= 11 is 0.